The third kappa shape index (κ3) is 5.52. The second-order valence-electron chi connectivity index (χ2n) is 8.31. The quantitative estimate of drug-likeness (QED) is 0.140. The zero-order valence-corrected chi connectivity index (χ0v) is 24.4. The Labute approximate surface area is 223 Å². The van der Waals surface area contributed by atoms with Crippen LogP contribution in [0.4, 0.5) is 0 Å². The van der Waals surface area contributed by atoms with E-state index in [9.17, 15) is 0 Å². The van der Waals surface area contributed by atoms with Gasteiger partial charge in [-0.1, -0.05) is 77.3 Å². The molecule has 34 heavy (non-hydrogen) atoms. The first kappa shape index (κ1) is 25.3. The fraction of sp³-hybridized carbons (Fsp3) is 0.100. The zero-order chi connectivity index (χ0) is 24.1. The van der Waals surface area contributed by atoms with Crippen molar-refractivity contribution in [2.45, 2.75) is 20.8 Å². The fourth-order valence-electron chi connectivity index (χ4n) is 4.48. The van der Waals surface area contributed by atoms with Crippen LogP contribution in [-0.4, -0.2) is 9.52 Å². The Bertz CT molecular complexity index is 1380. The molecule has 0 nitrogen and oxygen atoms in total. The maximum atomic E-state index is 4.93. The van der Waals surface area contributed by atoms with Crippen molar-refractivity contribution in [1.29, 1.82) is 0 Å². The second kappa shape index (κ2) is 11.7. The molecular weight excluding hydrogens is 551 g/mol. The van der Waals surface area contributed by atoms with Crippen molar-refractivity contribution in [3.05, 3.63) is 114 Å². The van der Waals surface area contributed by atoms with Crippen molar-refractivity contribution in [3.63, 3.8) is 0 Å². The average Bonchev–Trinajstić information content (AvgIpc) is 3.40. The number of hydrogen-bond acceptors (Lipinski definition) is 0. The van der Waals surface area contributed by atoms with Gasteiger partial charge in [-0.15, -0.1) is 40.1 Å². The standard InChI is InChI=1S/C18H17.C12H7Si.2ClH.Zr/c1-12-10-15-9-8-14(3)18(17(15)11-12)16-7-5-4-6-13(16)2;1-3-7-11-9(5-1)10-6-2-4-8-12(10)13-11;;;/h4-11H,1-3H3;1-7H;2*1H;/q2*-1;;;+4/p-2. The summed E-state index contributed by atoms with van der Waals surface area (Å²) in [5.41, 5.74) is 9.54. The average molecular weight is 575 g/mol. The van der Waals surface area contributed by atoms with Gasteiger partial charge in [0.15, 0.2) is 0 Å². The minimum absolute atomic E-state index is 0.795. The van der Waals surface area contributed by atoms with E-state index in [0.717, 1.165) is 9.52 Å². The maximum Gasteiger partial charge on any atom is 0.0920 e. The van der Waals surface area contributed by atoms with Gasteiger partial charge in [-0.25, -0.2) is 0 Å². The van der Waals surface area contributed by atoms with Crippen LogP contribution >= 0.6 is 17.0 Å². The van der Waals surface area contributed by atoms with Crippen molar-refractivity contribution in [3.8, 4) is 22.3 Å². The largest absolute Gasteiger partial charge is 0.184 e. The first-order valence-electron chi connectivity index (χ1n) is 11.1. The first-order valence-corrected chi connectivity index (χ1v) is 18.4. The summed E-state index contributed by atoms with van der Waals surface area (Å²) >= 11 is -0.826. The predicted molar refractivity (Wildman–Crippen MR) is 147 cm³/mol. The van der Waals surface area contributed by atoms with Crippen LogP contribution in [0.2, 0.25) is 0 Å². The van der Waals surface area contributed by atoms with Crippen LogP contribution in [0.3, 0.4) is 0 Å². The molecule has 0 amide bonds. The molecular formula is C30H24Cl2SiZr. The van der Waals surface area contributed by atoms with Crippen LogP contribution in [0.25, 0.3) is 33.0 Å². The molecule has 1 heterocycles. The molecule has 4 heteroatoms. The van der Waals surface area contributed by atoms with Crippen molar-refractivity contribution in [1.82, 2.24) is 0 Å². The van der Waals surface area contributed by atoms with Gasteiger partial charge in [0.05, 0.1) is 9.52 Å². The van der Waals surface area contributed by atoms with Gasteiger partial charge in [0.2, 0.25) is 0 Å². The van der Waals surface area contributed by atoms with Gasteiger partial charge in [-0.2, -0.15) is 35.5 Å². The van der Waals surface area contributed by atoms with Crippen LogP contribution in [0, 0.1) is 26.8 Å². The van der Waals surface area contributed by atoms with E-state index in [0.29, 0.717) is 0 Å². The van der Waals surface area contributed by atoms with Gasteiger partial charge in [0, 0.05) is 0 Å². The van der Waals surface area contributed by atoms with Crippen LogP contribution in [0.15, 0.2) is 91.0 Å². The topological polar surface area (TPSA) is 0 Å². The monoisotopic (exact) mass is 572 g/mol. The summed E-state index contributed by atoms with van der Waals surface area (Å²) in [7, 11) is 10.7. The third-order valence-electron chi connectivity index (χ3n) is 5.99. The van der Waals surface area contributed by atoms with E-state index in [1.54, 1.807) is 0 Å². The Morgan fingerprint density at radius 2 is 1.44 bits per heavy atom. The SMILES string of the molecule is Cc1cc2c(-c3ccccc3C)c(C)ccc2[cH-]1.[Cl][Zr+2][Cl].[c-]1cccc2c1[Si]c1ccccc1-2. The molecule has 166 valence electrons. The van der Waals surface area contributed by atoms with E-state index in [2.05, 4.69) is 112 Å². The molecule has 0 saturated carbocycles. The summed E-state index contributed by atoms with van der Waals surface area (Å²) in [5.74, 6) is 0. The Hall–Kier alpha value is -1.83. The van der Waals surface area contributed by atoms with E-state index in [1.165, 1.54) is 60.1 Å². The number of hydrogen-bond donors (Lipinski definition) is 0. The number of aryl methyl sites for hydroxylation is 3. The molecule has 0 aromatic heterocycles. The molecule has 0 bridgehead atoms. The molecule has 0 atom stereocenters. The van der Waals surface area contributed by atoms with Gasteiger partial charge in [-0.05, 0) is 25.0 Å². The van der Waals surface area contributed by atoms with Crippen LogP contribution < -0.4 is 10.4 Å². The van der Waals surface area contributed by atoms with Crippen molar-refractivity contribution < 1.29 is 20.8 Å². The summed E-state index contributed by atoms with van der Waals surface area (Å²) in [5, 5.41) is 5.54. The van der Waals surface area contributed by atoms with Gasteiger partial charge in [0.1, 0.15) is 0 Å². The zero-order valence-electron chi connectivity index (χ0n) is 19.4. The van der Waals surface area contributed by atoms with Crippen molar-refractivity contribution in [2.24, 2.45) is 0 Å². The number of halogens is 2. The van der Waals surface area contributed by atoms with Crippen LogP contribution in [-0.2, 0) is 20.8 Å². The van der Waals surface area contributed by atoms with E-state index < -0.39 is 20.8 Å². The van der Waals surface area contributed by atoms with E-state index >= 15 is 0 Å². The van der Waals surface area contributed by atoms with Gasteiger partial charge >= 0.3 is 37.9 Å². The summed E-state index contributed by atoms with van der Waals surface area (Å²) in [6.45, 7) is 6.55. The summed E-state index contributed by atoms with van der Waals surface area (Å²) in [6.07, 6.45) is 0. The normalized spacial score (nSPS) is 10.9. The molecule has 2 radical (unpaired) electrons. The molecule has 1 aliphatic rings. The van der Waals surface area contributed by atoms with Crippen molar-refractivity contribution in [2.75, 3.05) is 0 Å². The van der Waals surface area contributed by atoms with E-state index in [4.69, 9.17) is 17.0 Å². The third-order valence-corrected chi connectivity index (χ3v) is 7.36. The Morgan fingerprint density at radius 1 is 0.765 bits per heavy atom. The second-order valence-corrected chi connectivity index (χ2v) is 13.3. The minimum Gasteiger partial charge on any atom is -0.184 e. The van der Waals surface area contributed by atoms with Gasteiger partial charge < -0.3 is 0 Å². The molecule has 0 spiro atoms. The Morgan fingerprint density at radius 3 is 2.21 bits per heavy atom. The molecule has 5 aromatic rings. The van der Waals surface area contributed by atoms with Gasteiger partial charge in [0.25, 0.3) is 0 Å². The summed E-state index contributed by atoms with van der Waals surface area (Å²) < 4.78 is 0. The molecule has 5 aromatic carbocycles. The molecule has 0 saturated heterocycles. The molecule has 0 N–H and O–H groups in total. The van der Waals surface area contributed by atoms with Crippen LogP contribution in [0.1, 0.15) is 16.7 Å². The van der Waals surface area contributed by atoms with Crippen molar-refractivity contribution >= 4 is 47.7 Å². The molecule has 1 aliphatic heterocycles. The Kier molecular flexibility index (Phi) is 8.72. The van der Waals surface area contributed by atoms with E-state index in [1.807, 2.05) is 6.07 Å². The molecule has 0 aliphatic carbocycles. The summed E-state index contributed by atoms with van der Waals surface area (Å²) in [6, 6.07) is 35.8. The summed E-state index contributed by atoms with van der Waals surface area (Å²) in [4.78, 5) is 0. The maximum absolute atomic E-state index is 4.93. The predicted octanol–water partition coefficient (Wildman–Crippen LogP) is 7.65. The molecule has 0 unspecified atom stereocenters. The Balaban J connectivity index is 0.000000150. The number of fused-ring (bicyclic) bond motifs is 4. The molecule has 0 fully saturated rings. The molecule has 6 rings (SSSR count). The minimum atomic E-state index is -0.826. The number of benzene rings is 4. The number of rotatable bonds is 1. The van der Waals surface area contributed by atoms with Gasteiger partial charge in [-0.3, -0.25) is 0 Å². The van der Waals surface area contributed by atoms with Crippen LogP contribution in [0.5, 0.6) is 0 Å². The smallest absolute Gasteiger partial charge is 0.0920 e. The van der Waals surface area contributed by atoms with E-state index in [-0.39, 0.29) is 0 Å². The first-order chi connectivity index (χ1) is 16.5. The fourth-order valence-corrected chi connectivity index (χ4v) is 5.79.